The van der Waals surface area contributed by atoms with Gasteiger partial charge in [-0.05, 0) is 86.8 Å². The van der Waals surface area contributed by atoms with Crippen molar-refractivity contribution in [3.8, 4) is 11.5 Å². The molecule has 0 heterocycles. The lowest BCUT2D eigenvalue weighted by Gasteiger charge is -2.06. The molecule has 0 spiro atoms. The van der Waals surface area contributed by atoms with E-state index in [0.29, 0.717) is 17.3 Å². The number of aryl methyl sites for hydroxylation is 4. The maximum Gasteiger partial charge on any atom is 0.132 e. The average molecular weight is 551 g/mol. The molecule has 0 aromatic heterocycles. The number of hydrogen-bond acceptors (Lipinski definition) is 3. The van der Waals surface area contributed by atoms with Gasteiger partial charge in [0.25, 0.3) is 0 Å². The molecule has 2 aromatic carbocycles. The predicted octanol–water partition coefficient (Wildman–Crippen LogP) is 10.9. The van der Waals surface area contributed by atoms with Gasteiger partial charge in [-0.1, -0.05) is 114 Å². The van der Waals surface area contributed by atoms with E-state index in [4.69, 9.17) is 0 Å². The fraction of sp³-hybridized carbons (Fsp3) is 0.649. The molecule has 0 radical (unpaired) electrons. The van der Waals surface area contributed by atoms with E-state index >= 15 is 0 Å². The highest BCUT2D eigenvalue weighted by molar-refractivity contribution is 5.78. The van der Waals surface area contributed by atoms with Crippen LogP contribution in [0.25, 0.3) is 0 Å². The van der Waals surface area contributed by atoms with Crippen LogP contribution < -0.4 is 0 Å². The summed E-state index contributed by atoms with van der Waals surface area (Å²) in [4.78, 5) is 12.2. The van der Waals surface area contributed by atoms with Crippen LogP contribution in [0.15, 0.2) is 36.4 Å². The molecule has 3 nitrogen and oxygen atoms in total. The summed E-state index contributed by atoms with van der Waals surface area (Å²) in [5.41, 5.74) is 4.39. The van der Waals surface area contributed by atoms with Crippen molar-refractivity contribution in [1.82, 2.24) is 0 Å². The first-order valence-corrected chi connectivity index (χ1v) is 16.5. The molecule has 40 heavy (non-hydrogen) atoms. The van der Waals surface area contributed by atoms with Gasteiger partial charge in [0.05, 0.1) is 0 Å². The standard InChI is InChI=1S/C37H58O3/c1-31-25-27-33(36(39)29-31)21-17-13-9-5-3-7-11-15-19-23-35(38)24-20-16-12-8-4-6-10-14-18-22-34-28-26-32(2)30-37(34)40/h25-30,39-40H,3-24H2,1-2H3. The number of carbonyl (C=O) groups excluding carboxylic acids is 1. The molecule has 0 amide bonds. The number of carbonyl (C=O) groups is 1. The Hall–Kier alpha value is -2.29. The summed E-state index contributed by atoms with van der Waals surface area (Å²) in [5, 5.41) is 20.0. The zero-order chi connectivity index (χ0) is 28.8. The Labute approximate surface area is 245 Å². The minimum atomic E-state index is 0.449. The Morgan fingerprint density at radius 1 is 0.475 bits per heavy atom. The van der Waals surface area contributed by atoms with Crippen LogP contribution in [0.1, 0.15) is 151 Å². The van der Waals surface area contributed by atoms with Gasteiger partial charge in [-0.25, -0.2) is 0 Å². The van der Waals surface area contributed by atoms with E-state index in [9.17, 15) is 15.0 Å². The third-order valence-corrected chi connectivity index (χ3v) is 8.29. The predicted molar refractivity (Wildman–Crippen MR) is 170 cm³/mol. The second-order valence-electron chi connectivity index (χ2n) is 12.2. The van der Waals surface area contributed by atoms with E-state index in [2.05, 4.69) is 24.3 Å². The van der Waals surface area contributed by atoms with Crippen LogP contribution in [0.5, 0.6) is 11.5 Å². The second kappa shape index (κ2) is 21.5. The molecule has 0 bridgehead atoms. The first-order valence-electron chi connectivity index (χ1n) is 16.5. The largest absolute Gasteiger partial charge is 0.508 e. The molecule has 0 unspecified atom stereocenters. The zero-order valence-electron chi connectivity index (χ0n) is 25.8. The van der Waals surface area contributed by atoms with Crippen molar-refractivity contribution in [2.75, 3.05) is 0 Å². The van der Waals surface area contributed by atoms with Gasteiger partial charge < -0.3 is 10.2 Å². The van der Waals surface area contributed by atoms with E-state index < -0.39 is 0 Å². The minimum Gasteiger partial charge on any atom is -0.508 e. The summed E-state index contributed by atoms with van der Waals surface area (Å²) in [7, 11) is 0. The van der Waals surface area contributed by atoms with Gasteiger partial charge in [-0.3, -0.25) is 4.79 Å². The van der Waals surface area contributed by atoms with Crippen LogP contribution in [-0.4, -0.2) is 16.0 Å². The fourth-order valence-corrected chi connectivity index (χ4v) is 5.65. The Morgan fingerprint density at radius 3 is 1.10 bits per heavy atom. The van der Waals surface area contributed by atoms with Crippen LogP contribution in [0.2, 0.25) is 0 Å². The van der Waals surface area contributed by atoms with Crippen molar-refractivity contribution >= 4 is 5.78 Å². The normalized spacial score (nSPS) is 11.2. The summed E-state index contributed by atoms with van der Waals surface area (Å²) in [6.07, 6.45) is 25.8. The number of phenols is 2. The topological polar surface area (TPSA) is 57.5 Å². The number of Topliss-reactive ketones (excluding diaryl/α,β-unsaturated/α-hetero) is 1. The number of hydrogen-bond donors (Lipinski definition) is 2. The average Bonchev–Trinajstić information content (AvgIpc) is 2.92. The molecule has 0 saturated carbocycles. The Morgan fingerprint density at radius 2 is 0.775 bits per heavy atom. The first-order chi connectivity index (χ1) is 19.5. The lowest BCUT2D eigenvalue weighted by atomic mass is 10.0. The molecule has 0 aliphatic carbocycles. The number of unbranched alkanes of at least 4 members (excludes halogenated alkanes) is 16. The maximum atomic E-state index is 12.2. The third-order valence-electron chi connectivity index (χ3n) is 8.29. The monoisotopic (exact) mass is 550 g/mol. The molecular weight excluding hydrogens is 492 g/mol. The molecule has 2 rings (SSSR count). The lowest BCUT2D eigenvalue weighted by molar-refractivity contribution is -0.119. The number of rotatable bonds is 24. The van der Waals surface area contributed by atoms with E-state index in [1.54, 1.807) is 0 Å². The highest BCUT2D eigenvalue weighted by Crippen LogP contribution is 2.22. The van der Waals surface area contributed by atoms with Gasteiger partial charge in [0.1, 0.15) is 17.3 Å². The summed E-state index contributed by atoms with van der Waals surface area (Å²) < 4.78 is 0. The molecule has 2 N–H and O–H groups in total. The Kier molecular flexibility index (Phi) is 18.2. The van der Waals surface area contributed by atoms with E-state index in [1.807, 2.05) is 26.0 Å². The van der Waals surface area contributed by atoms with Gasteiger partial charge >= 0.3 is 0 Å². The van der Waals surface area contributed by atoms with Gasteiger partial charge in [-0.15, -0.1) is 0 Å². The number of benzene rings is 2. The first kappa shape index (κ1) is 33.9. The fourth-order valence-electron chi connectivity index (χ4n) is 5.65. The molecular formula is C37H58O3. The van der Waals surface area contributed by atoms with Crippen molar-refractivity contribution in [3.63, 3.8) is 0 Å². The number of phenolic OH excluding ortho intramolecular Hbond substituents is 2. The molecule has 0 aliphatic heterocycles. The van der Waals surface area contributed by atoms with Crippen molar-refractivity contribution in [3.05, 3.63) is 58.7 Å². The highest BCUT2D eigenvalue weighted by Gasteiger charge is 2.04. The smallest absolute Gasteiger partial charge is 0.132 e. The van der Waals surface area contributed by atoms with Crippen LogP contribution in [0, 0.1) is 13.8 Å². The Bertz CT molecular complexity index is 873. The Balaban J connectivity index is 1.27. The summed E-state index contributed by atoms with van der Waals surface area (Å²) in [6.45, 7) is 4.02. The van der Waals surface area contributed by atoms with E-state index in [1.165, 1.54) is 89.9 Å². The third kappa shape index (κ3) is 16.1. The molecule has 224 valence electrons. The van der Waals surface area contributed by atoms with Crippen LogP contribution in [0.4, 0.5) is 0 Å². The van der Waals surface area contributed by atoms with Crippen LogP contribution in [0.3, 0.4) is 0 Å². The summed E-state index contributed by atoms with van der Waals surface area (Å²) in [5.74, 6) is 1.37. The molecule has 0 fully saturated rings. The van der Waals surface area contributed by atoms with Gasteiger partial charge in [0.15, 0.2) is 0 Å². The molecule has 3 heteroatoms. The molecule has 2 aromatic rings. The van der Waals surface area contributed by atoms with Gasteiger partial charge in [-0.2, -0.15) is 0 Å². The SMILES string of the molecule is Cc1ccc(CCCCCCCCCCCC(=O)CCCCCCCCCCCc2ccc(C)cc2O)c(O)c1. The number of aromatic hydroxyl groups is 2. The van der Waals surface area contributed by atoms with Crippen molar-refractivity contribution in [1.29, 1.82) is 0 Å². The van der Waals surface area contributed by atoms with Crippen LogP contribution in [-0.2, 0) is 17.6 Å². The molecule has 0 aliphatic rings. The van der Waals surface area contributed by atoms with Crippen LogP contribution >= 0.6 is 0 Å². The van der Waals surface area contributed by atoms with Crippen molar-refractivity contribution in [2.45, 2.75) is 155 Å². The summed E-state index contributed by atoms with van der Waals surface area (Å²) in [6, 6.07) is 12.0. The van der Waals surface area contributed by atoms with Crippen molar-refractivity contribution in [2.24, 2.45) is 0 Å². The van der Waals surface area contributed by atoms with Gasteiger partial charge in [0, 0.05) is 12.8 Å². The highest BCUT2D eigenvalue weighted by atomic mass is 16.3. The second-order valence-corrected chi connectivity index (χ2v) is 12.2. The van der Waals surface area contributed by atoms with E-state index in [-0.39, 0.29) is 0 Å². The number of ketones is 1. The zero-order valence-corrected chi connectivity index (χ0v) is 25.8. The summed E-state index contributed by atoms with van der Waals surface area (Å²) >= 11 is 0. The maximum absolute atomic E-state index is 12.2. The van der Waals surface area contributed by atoms with Crippen molar-refractivity contribution < 1.29 is 15.0 Å². The minimum absolute atomic E-state index is 0.449. The molecule has 0 saturated heterocycles. The van der Waals surface area contributed by atoms with Gasteiger partial charge in [0.2, 0.25) is 0 Å². The molecule has 0 atom stereocenters. The quantitative estimate of drug-likeness (QED) is 0.128. The van der Waals surface area contributed by atoms with E-state index in [0.717, 1.165) is 73.6 Å². The lowest BCUT2D eigenvalue weighted by Crippen LogP contribution is -1.97.